The maximum atomic E-state index is 12.3. The minimum Gasteiger partial charge on any atom is -0.329 e. The second kappa shape index (κ2) is 6.05. The van der Waals surface area contributed by atoms with Gasteiger partial charge in [0.15, 0.2) is 0 Å². The summed E-state index contributed by atoms with van der Waals surface area (Å²) in [5.41, 5.74) is 6.69. The second-order valence-electron chi connectivity index (χ2n) is 5.27. The highest BCUT2D eigenvalue weighted by Crippen LogP contribution is 2.40. The zero-order chi connectivity index (χ0) is 14.6. The maximum absolute atomic E-state index is 12.3. The Bertz CT molecular complexity index is 504. The van der Waals surface area contributed by atoms with E-state index in [4.69, 9.17) is 5.73 Å². The van der Waals surface area contributed by atoms with E-state index in [0.717, 1.165) is 19.3 Å². The lowest BCUT2D eigenvalue weighted by Gasteiger charge is -2.39. The SMILES string of the molecule is CCC(=O)Nc1cccc(NC(=O)C2(CN)CCC2)c1. The summed E-state index contributed by atoms with van der Waals surface area (Å²) in [6.07, 6.45) is 3.17. The first kappa shape index (κ1) is 14.5. The van der Waals surface area contributed by atoms with Crippen LogP contribution in [-0.4, -0.2) is 18.4 Å². The Balaban J connectivity index is 2.04. The van der Waals surface area contributed by atoms with Crippen molar-refractivity contribution in [2.45, 2.75) is 32.6 Å². The number of hydrogen-bond donors (Lipinski definition) is 3. The standard InChI is InChI=1S/C15H21N3O2/c1-2-13(19)17-11-5-3-6-12(9-11)18-14(20)15(10-16)7-4-8-15/h3,5-6,9H,2,4,7-8,10,16H2,1H3,(H,17,19)(H,18,20). The van der Waals surface area contributed by atoms with Crippen molar-refractivity contribution >= 4 is 23.2 Å². The number of amides is 2. The average molecular weight is 275 g/mol. The topological polar surface area (TPSA) is 84.2 Å². The Hall–Kier alpha value is -1.88. The summed E-state index contributed by atoms with van der Waals surface area (Å²) in [4.78, 5) is 23.6. The smallest absolute Gasteiger partial charge is 0.231 e. The fourth-order valence-corrected chi connectivity index (χ4v) is 2.32. The molecule has 0 radical (unpaired) electrons. The summed E-state index contributed by atoms with van der Waals surface area (Å²) >= 11 is 0. The third-order valence-corrected chi connectivity index (χ3v) is 3.91. The van der Waals surface area contributed by atoms with E-state index in [2.05, 4.69) is 10.6 Å². The molecule has 1 aliphatic carbocycles. The van der Waals surface area contributed by atoms with Crippen LogP contribution in [0, 0.1) is 5.41 Å². The van der Waals surface area contributed by atoms with E-state index in [0.29, 0.717) is 24.3 Å². The highest BCUT2D eigenvalue weighted by Gasteiger charge is 2.42. The Kier molecular flexibility index (Phi) is 4.39. The molecule has 0 atom stereocenters. The van der Waals surface area contributed by atoms with Crippen molar-refractivity contribution in [1.29, 1.82) is 0 Å². The zero-order valence-corrected chi connectivity index (χ0v) is 11.7. The van der Waals surface area contributed by atoms with Crippen molar-refractivity contribution in [2.75, 3.05) is 17.2 Å². The Labute approximate surface area is 118 Å². The molecule has 2 rings (SSSR count). The summed E-state index contributed by atoms with van der Waals surface area (Å²) in [5.74, 6) is -0.0730. The Morgan fingerprint density at radius 2 is 1.90 bits per heavy atom. The molecule has 1 fully saturated rings. The molecule has 1 saturated carbocycles. The van der Waals surface area contributed by atoms with E-state index in [-0.39, 0.29) is 11.8 Å². The van der Waals surface area contributed by atoms with E-state index >= 15 is 0 Å². The lowest BCUT2D eigenvalue weighted by molar-refractivity contribution is -0.129. The molecule has 0 saturated heterocycles. The van der Waals surface area contributed by atoms with Crippen LogP contribution in [0.25, 0.3) is 0 Å². The van der Waals surface area contributed by atoms with Crippen molar-refractivity contribution in [3.05, 3.63) is 24.3 Å². The van der Waals surface area contributed by atoms with Gasteiger partial charge in [0.05, 0.1) is 5.41 Å². The fraction of sp³-hybridized carbons (Fsp3) is 0.467. The number of rotatable bonds is 5. The molecule has 5 heteroatoms. The first-order chi connectivity index (χ1) is 9.59. The van der Waals surface area contributed by atoms with Crippen molar-refractivity contribution in [3.8, 4) is 0 Å². The number of nitrogens with one attached hydrogen (secondary N) is 2. The number of benzene rings is 1. The van der Waals surface area contributed by atoms with Crippen LogP contribution in [0.5, 0.6) is 0 Å². The normalized spacial score (nSPS) is 16.1. The van der Waals surface area contributed by atoms with Gasteiger partial charge in [-0.25, -0.2) is 0 Å². The van der Waals surface area contributed by atoms with Crippen LogP contribution in [0.3, 0.4) is 0 Å². The van der Waals surface area contributed by atoms with Crippen molar-refractivity contribution < 1.29 is 9.59 Å². The largest absolute Gasteiger partial charge is 0.329 e. The van der Waals surface area contributed by atoms with E-state index in [1.807, 2.05) is 6.07 Å². The van der Waals surface area contributed by atoms with Crippen LogP contribution in [0.15, 0.2) is 24.3 Å². The van der Waals surface area contributed by atoms with Crippen LogP contribution < -0.4 is 16.4 Å². The van der Waals surface area contributed by atoms with Gasteiger partial charge in [-0.1, -0.05) is 19.4 Å². The van der Waals surface area contributed by atoms with Crippen molar-refractivity contribution in [3.63, 3.8) is 0 Å². The van der Waals surface area contributed by atoms with Gasteiger partial charge in [0, 0.05) is 24.3 Å². The number of hydrogen-bond acceptors (Lipinski definition) is 3. The number of nitrogens with two attached hydrogens (primary N) is 1. The molecule has 0 unspecified atom stereocenters. The van der Waals surface area contributed by atoms with E-state index in [9.17, 15) is 9.59 Å². The van der Waals surface area contributed by atoms with Crippen molar-refractivity contribution in [2.24, 2.45) is 11.1 Å². The Morgan fingerprint density at radius 3 is 2.40 bits per heavy atom. The quantitative estimate of drug-likeness (QED) is 0.769. The molecule has 108 valence electrons. The van der Waals surface area contributed by atoms with E-state index in [1.54, 1.807) is 25.1 Å². The van der Waals surface area contributed by atoms with Gasteiger partial charge in [0.25, 0.3) is 0 Å². The molecular formula is C15H21N3O2. The third-order valence-electron chi connectivity index (χ3n) is 3.91. The lowest BCUT2D eigenvalue weighted by Crippen LogP contribution is -2.47. The van der Waals surface area contributed by atoms with Crippen molar-refractivity contribution in [1.82, 2.24) is 0 Å². The van der Waals surface area contributed by atoms with Gasteiger partial charge < -0.3 is 16.4 Å². The molecule has 0 spiro atoms. The first-order valence-corrected chi connectivity index (χ1v) is 7.01. The first-order valence-electron chi connectivity index (χ1n) is 7.01. The van der Waals surface area contributed by atoms with Gasteiger partial charge in [-0.15, -0.1) is 0 Å². The molecular weight excluding hydrogens is 254 g/mol. The summed E-state index contributed by atoms with van der Waals surface area (Å²) < 4.78 is 0. The van der Waals surface area contributed by atoms with Gasteiger partial charge in [0.1, 0.15) is 0 Å². The Morgan fingerprint density at radius 1 is 1.25 bits per heavy atom. The molecule has 1 aromatic carbocycles. The molecule has 0 aliphatic heterocycles. The predicted octanol–water partition coefficient (Wildman–Crippen LogP) is 2.10. The highest BCUT2D eigenvalue weighted by atomic mass is 16.2. The predicted molar refractivity (Wildman–Crippen MR) is 79.3 cm³/mol. The van der Waals surface area contributed by atoms with Crippen LogP contribution in [0.4, 0.5) is 11.4 Å². The molecule has 1 aliphatic rings. The van der Waals surface area contributed by atoms with Gasteiger partial charge in [-0.2, -0.15) is 0 Å². The highest BCUT2D eigenvalue weighted by molar-refractivity contribution is 5.97. The monoisotopic (exact) mass is 275 g/mol. The average Bonchev–Trinajstić information content (AvgIpc) is 2.38. The molecule has 0 heterocycles. The van der Waals surface area contributed by atoms with Gasteiger partial charge in [-0.3, -0.25) is 9.59 Å². The van der Waals surface area contributed by atoms with E-state index < -0.39 is 5.41 Å². The molecule has 4 N–H and O–H groups in total. The minimum atomic E-state index is -0.400. The molecule has 2 amide bonds. The van der Waals surface area contributed by atoms with Gasteiger partial charge >= 0.3 is 0 Å². The molecule has 20 heavy (non-hydrogen) atoms. The molecule has 1 aromatic rings. The number of carbonyl (C=O) groups excluding carboxylic acids is 2. The lowest BCUT2D eigenvalue weighted by atomic mass is 9.68. The van der Waals surface area contributed by atoms with E-state index in [1.165, 1.54) is 0 Å². The third kappa shape index (κ3) is 2.99. The summed E-state index contributed by atoms with van der Waals surface area (Å²) in [6.45, 7) is 2.17. The summed E-state index contributed by atoms with van der Waals surface area (Å²) in [7, 11) is 0. The molecule has 5 nitrogen and oxygen atoms in total. The fourth-order valence-electron chi connectivity index (χ4n) is 2.32. The van der Waals surface area contributed by atoms with Gasteiger partial charge in [0.2, 0.25) is 11.8 Å². The number of carbonyl (C=O) groups is 2. The second-order valence-corrected chi connectivity index (χ2v) is 5.27. The van der Waals surface area contributed by atoms with Crippen LogP contribution in [0.1, 0.15) is 32.6 Å². The van der Waals surface area contributed by atoms with Crippen LogP contribution >= 0.6 is 0 Å². The number of anilines is 2. The summed E-state index contributed by atoms with van der Waals surface area (Å²) in [6, 6.07) is 7.17. The maximum Gasteiger partial charge on any atom is 0.231 e. The van der Waals surface area contributed by atoms with Crippen LogP contribution in [-0.2, 0) is 9.59 Å². The molecule has 0 bridgehead atoms. The zero-order valence-electron chi connectivity index (χ0n) is 11.7. The molecule has 0 aromatic heterocycles. The van der Waals surface area contributed by atoms with Crippen LogP contribution in [0.2, 0.25) is 0 Å². The summed E-state index contributed by atoms with van der Waals surface area (Å²) in [5, 5.41) is 5.67. The van der Waals surface area contributed by atoms with Gasteiger partial charge in [-0.05, 0) is 31.0 Å². The minimum absolute atomic E-state index is 0.0229.